The number of aromatic nitrogens is 1. The van der Waals surface area contributed by atoms with Crippen molar-refractivity contribution < 1.29 is 24.1 Å². The number of aliphatic hydroxyl groups excluding tert-OH is 1. The van der Waals surface area contributed by atoms with Crippen LogP contribution in [0.5, 0.6) is 11.5 Å². The molecule has 2 N–H and O–H groups in total. The van der Waals surface area contributed by atoms with Gasteiger partial charge in [-0.25, -0.2) is 4.98 Å². The topological polar surface area (TPSA) is 89.9 Å². The second-order valence-electron chi connectivity index (χ2n) is 6.23. The molecule has 0 radical (unpaired) electrons. The third-order valence-corrected chi connectivity index (χ3v) is 4.41. The molecule has 1 heterocycles. The number of benzene rings is 2. The van der Waals surface area contributed by atoms with Gasteiger partial charge in [0.25, 0.3) is 5.91 Å². The van der Waals surface area contributed by atoms with E-state index in [0.29, 0.717) is 35.9 Å². The number of carbonyl (C=O) groups is 1. The van der Waals surface area contributed by atoms with Crippen LogP contribution in [0.25, 0.3) is 22.2 Å². The monoisotopic (exact) mass is 396 g/mol. The van der Waals surface area contributed by atoms with E-state index in [1.165, 1.54) is 0 Å². The van der Waals surface area contributed by atoms with Crippen LogP contribution in [-0.2, 0) is 4.74 Å². The van der Waals surface area contributed by atoms with Crippen LogP contribution in [0.2, 0.25) is 0 Å². The minimum atomic E-state index is -0.210. The average Bonchev–Trinajstić information content (AvgIpc) is 2.77. The van der Waals surface area contributed by atoms with Crippen LogP contribution in [0, 0.1) is 0 Å². The van der Waals surface area contributed by atoms with Crippen LogP contribution in [-0.4, -0.2) is 56.6 Å². The van der Waals surface area contributed by atoms with Gasteiger partial charge in [-0.3, -0.25) is 4.79 Å². The number of hydrogen-bond acceptors (Lipinski definition) is 6. The summed E-state index contributed by atoms with van der Waals surface area (Å²) in [6.45, 7) is 0.883. The number of fused-ring (bicyclic) bond motifs is 1. The van der Waals surface area contributed by atoms with Gasteiger partial charge in [0.1, 0.15) is 0 Å². The summed E-state index contributed by atoms with van der Waals surface area (Å²) >= 11 is 0. The smallest absolute Gasteiger partial charge is 0.252 e. The second-order valence-corrected chi connectivity index (χ2v) is 6.23. The lowest BCUT2D eigenvalue weighted by atomic mass is 10.0. The molecule has 0 atom stereocenters. The molecule has 0 aliphatic heterocycles. The summed E-state index contributed by atoms with van der Waals surface area (Å²) < 4.78 is 15.9. The Labute approximate surface area is 169 Å². The van der Waals surface area contributed by atoms with Crippen molar-refractivity contribution in [2.45, 2.75) is 0 Å². The number of amides is 1. The fourth-order valence-electron chi connectivity index (χ4n) is 3.01. The van der Waals surface area contributed by atoms with Crippen molar-refractivity contribution >= 4 is 16.8 Å². The highest BCUT2D eigenvalue weighted by molar-refractivity contribution is 6.07. The Kier molecular flexibility index (Phi) is 6.99. The normalized spacial score (nSPS) is 10.7. The molecule has 0 bridgehead atoms. The van der Waals surface area contributed by atoms with Gasteiger partial charge in [-0.2, -0.15) is 0 Å². The standard InChI is InChI=1S/C22H24N2O5/c1-27-20-8-7-15(13-21(20)28-2)19-14-17(16-5-3-4-6-18(16)24-19)22(26)23-9-11-29-12-10-25/h3-8,13-14,25H,9-12H2,1-2H3,(H,23,26). The van der Waals surface area contributed by atoms with E-state index >= 15 is 0 Å². The Hall–Kier alpha value is -3.16. The van der Waals surface area contributed by atoms with E-state index in [9.17, 15) is 4.79 Å². The Morgan fingerprint density at radius 3 is 2.59 bits per heavy atom. The highest BCUT2D eigenvalue weighted by Crippen LogP contribution is 2.33. The molecule has 2 aromatic carbocycles. The van der Waals surface area contributed by atoms with Crippen molar-refractivity contribution in [2.75, 3.05) is 40.6 Å². The van der Waals surface area contributed by atoms with Gasteiger partial charge in [0, 0.05) is 17.5 Å². The molecular weight excluding hydrogens is 372 g/mol. The molecule has 0 fully saturated rings. The SMILES string of the molecule is COc1ccc(-c2cc(C(=O)NCCOCCO)c3ccccc3n2)cc1OC. The molecule has 29 heavy (non-hydrogen) atoms. The van der Waals surface area contributed by atoms with E-state index in [2.05, 4.69) is 5.32 Å². The van der Waals surface area contributed by atoms with Gasteiger partial charge in [0.2, 0.25) is 0 Å². The van der Waals surface area contributed by atoms with Gasteiger partial charge in [0.15, 0.2) is 11.5 Å². The summed E-state index contributed by atoms with van der Waals surface area (Å²) in [6.07, 6.45) is 0. The summed E-state index contributed by atoms with van der Waals surface area (Å²) in [5, 5.41) is 12.4. The van der Waals surface area contributed by atoms with Crippen molar-refractivity contribution in [1.29, 1.82) is 0 Å². The van der Waals surface area contributed by atoms with Crippen molar-refractivity contribution in [3.8, 4) is 22.8 Å². The number of aliphatic hydroxyl groups is 1. The lowest BCUT2D eigenvalue weighted by Crippen LogP contribution is -2.27. The third-order valence-electron chi connectivity index (χ3n) is 4.41. The highest BCUT2D eigenvalue weighted by Gasteiger charge is 2.15. The number of pyridine rings is 1. The second kappa shape index (κ2) is 9.86. The van der Waals surface area contributed by atoms with E-state index in [1.54, 1.807) is 20.3 Å². The van der Waals surface area contributed by atoms with E-state index in [1.807, 2.05) is 42.5 Å². The molecule has 0 spiro atoms. The summed E-state index contributed by atoms with van der Waals surface area (Å²) in [5.41, 5.74) is 2.73. The number of nitrogens with one attached hydrogen (secondary N) is 1. The quantitative estimate of drug-likeness (QED) is 0.541. The molecule has 7 heteroatoms. The molecule has 0 aliphatic rings. The van der Waals surface area contributed by atoms with E-state index in [4.69, 9.17) is 24.3 Å². The van der Waals surface area contributed by atoms with Crippen LogP contribution in [0.4, 0.5) is 0 Å². The zero-order valence-corrected chi connectivity index (χ0v) is 16.5. The Morgan fingerprint density at radius 1 is 1.03 bits per heavy atom. The van der Waals surface area contributed by atoms with E-state index in [0.717, 1.165) is 16.5 Å². The average molecular weight is 396 g/mol. The zero-order chi connectivity index (χ0) is 20.6. The van der Waals surface area contributed by atoms with Crippen LogP contribution in [0.1, 0.15) is 10.4 Å². The fourth-order valence-corrected chi connectivity index (χ4v) is 3.01. The minimum absolute atomic E-state index is 0.0440. The molecule has 7 nitrogen and oxygen atoms in total. The molecular formula is C22H24N2O5. The summed E-state index contributed by atoms with van der Waals surface area (Å²) in [4.78, 5) is 17.5. The first-order valence-electron chi connectivity index (χ1n) is 9.27. The van der Waals surface area contributed by atoms with Crippen molar-refractivity contribution in [1.82, 2.24) is 10.3 Å². The lowest BCUT2D eigenvalue weighted by molar-refractivity contribution is 0.0839. The minimum Gasteiger partial charge on any atom is -0.493 e. The number of hydrogen-bond donors (Lipinski definition) is 2. The largest absolute Gasteiger partial charge is 0.493 e. The van der Waals surface area contributed by atoms with E-state index < -0.39 is 0 Å². The number of methoxy groups -OCH3 is 2. The molecule has 3 aromatic rings. The first-order valence-corrected chi connectivity index (χ1v) is 9.27. The number of nitrogens with zero attached hydrogens (tertiary/aromatic N) is 1. The van der Waals surface area contributed by atoms with Crippen LogP contribution < -0.4 is 14.8 Å². The maximum atomic E-state index is 12.8. The van der Waals surface area contributed by atoms with E-state index in [-0.39, 0.29) is 19.1 Å². The van der Waals surface area contributed by atoms with Gasteiger partial charge >= 0.3 is 0 Å². The number of para-hydroxylation sites is 1. The molecule has 3 rings (SSSR count). The van der Waals surface area contributed by atoms with Crippen LogP contribution in [0.3, 0.4) is 0 Å². The summed E-state index contributed by atoms with van der Waals surface area (Å²) in [5.74, 6) is 1.00. The maximum absolute atomic E-state index is 12.8. The van der Waals surface area contributed by atoms with Crippen LogP contribution >= 0.6 is 0 Å². The Bertz CT molecular complexity index is 990. The Morgan fingerprint density at radius 2 is 1.83 bits per heavy atom. The number of ether oxygens (including phenoxy) is 3. The molecule has 152 valence electrons. The summed E-state index contributed by atoms with van der Waals surface area (Å²) in [6, 6.07) is 14.8. The summed E-state index contributed by atoms with van der Waals surface area (Å²) in [7, 11) is 3.16. The van der Waals surface area contributed by atoms with Crippen LogP contribution in [0.15, 0.2) is 48.5 Å². The lowest BCUT2D eigenvalue weighted by Gasteiger charge is -2.12. The molecule has 1 aromatic heterocycles. The zero-order valence-electron chi connectivity index (χ0n) is 16.5. The van der Waals surface area contributed by atoms with Crippen molar-refractivity contribution in [3.63, 3.8) is 0 Å². The number of carbonyl (C=O) groups excluding carboxylic acids is 1. The first-order chi connectivity index (χ1) is 14.2. The molecule has 0 saturated heterocycles. The van der Waals surface area contributed by atoms with Gasteiger partial charge in [-0.05, 0) is 30.3 Å². The third kappa shape index (κ3) is 4.82. The molecule has 0 saturated carbocycles. The molecule has 0 aliphatic carbocycles. The van der Waals surface area contributed by atoms with Gasteiger partial charge in [-0.15, -0.1) is 0 Å². The number of rotatable bonds is 9. The predicted octanol–water partition coefficient (Wildman–Crippen LogP) is 2.66. The molecule has 1 amide bonds. The fraction of sp³-hybridized carbons (Fsp3) is 0.273. The first kappa shape index (κ1) is 20.6. The maximum Gasteiger partial charge on any atom is 0.252 e. The van der Waals surface area contributed by atoms with Gasteiger partial charge in [-0.1, -0.05) is 18.2 Å². The predicted molar refractivity (Wildman–Crippen MR) is 111 cm³/mol. The molecule has 0 unspecified atom stereocenters. The van der Waals surface area contributed by atoms with Gasteiger partial charge in [0.05, 0.1) is 50.8 Å². The van der Waals surface area contributed by atoms with Crippen molar-refractivity contribution in [3.05, 3.63) is 54.1 Å². The highest BCUT2D eigenvalue weighted by atomic mass is 16.5. The van der Waals surface area contributed by atoms with Gasteiger partial charge < -0.3 is 24.6 Å². The Balaban J connectivity index is 1.95. The van der Waals surface area contributed by atoms with Crippen molar-refractivity contribution in [2.24, 2.45) is 0 Å².